The van der Waals surface area contributed by atoms with E-state index in [-0.39, 0.29) is 18.5 Å². The van der Waals surface area contributed by atoms with Crippen molar-refractivity contribution in [1.82, 2.24) is 4.90 Å². The number of hydrogen-bond acceptors (Lipinski definition) is 2. The summed E-state index contributed by atoms with van der Waals surface area (Å²) in [5.74, 6) is -1.12. The normalized spacial score (nSPS) is 22.2. The molecule has 5 nitrogen and oxygen atoms in total. The Morgan fingerprint density at radius 2 is 1.88 bits per heavy atom. The van der Waals surface area contributed by atoms with Crippen molar-refractivity contribution in [3.05, 3.63) is 41.5 Å². The smallest absolute Gasteiger partial charge is 0.321 e. The van der Waals surface area contributed by atoms with E-state index >= 15 is 0 Å². The van der Waals surface area contributed by atoms with Gasteiger partial charge < -0.3 is 15.3 Å². The summed E-state index contributed by atoms with van der Waals surface area (Å²) in [7, 11) is 0. The van der Waals surface area contributed by atoms with Gasteiger partial charge in [0, 0.05) is 18.5 Å². The number of aryl methyl sites for hydroxylation is 2. The zero-order valence-corrected chi connectivity index (χ0v) is 14.3. The van der Waals surface area contributed by atoms with Gasteiger partial charge in [-0.3, -0.25) is 4.79 Å². The number of aliphatic carboxylic acids is 1. The molecule has 2 aromatic carbocycles. The third-order valence-electron chi connectivity index (χ3n) is 5.41. The Hall–Kier alpha value is -2.56. The highest BCUT2D eigenvalue weighted by molar-refractivity contribution is 6.04. The van der Waals surface area contributed by atoms with Crippen LogP contribution in [0.2, 0.25) is 0 Å². The Bertz CT molecular complexity index is 851. The first-order chi connectivity index (χ1) is 12.0. The number of likely N-dealkylation sites (tertiary alicyclic amines) is 1. The van der Waals surface area contributed by atoms with Gasteiger partial charge in [0.2, 0.25) is 0 Å². The second kappa shape index (κ2) is 6.06. The molecule has 1 aliphatic carbocycles. The number of carbonyl (C=O) groups is 2. The molecule has 0 radical (unpaired) electrons. The highest BCUT2D eigenvalue weighted by Crippen LogP contribution is 2.35. The molecule has 0 aromatic heterocycles. The number of nitrogens with one attached hydrogen (secondary N) is 1. The van der Waals surface area contributed by atoms with Gasteiger partial charge in [-0.2, -0.15) is 0 Å². The van der Waals surface area contributed by atoms with E-state index in [1.54, 1.807) is 4.90 Å². The molecule has 2 unspecified atom stereocenters. The number of carboxylic acids is 1. The van der Waals surface area contributed by atoms with Crippen molar-refractivity contribution in [2.24, 2.45) is 11.8 Å². The Labute approximate surface area is 146 Å². The number of urea groups is 1. The zero-order chi connectivity index (χ0) is 17.6. The average molecular weight is 338 g/mol. The van der Waals surface area contributed by atoms with Gasteiger partial charge in [-0.25, -0.2) is 4.79 Å². The maximum absolute atomic E-state index is 12.7. The Morgan fingerprint density at radius 3 is 2.64 bits per heavy atom. The van der Waals surface area contributed by atoms with Gasteiger partial charge in [-0.1, -0.05) is 31.2 Å². The maximum atomic E-state index is 12.7. The maximum Gasteiger partial charge on any atom is 0.321 e. The van der Waals surface area contributed by atoms with Crippen LogP contribution in [-0.2, 0) is 17.6 Å². The van der Waals surface area contributed by atoms with Crippen LogP contribution in [0.4, 0.5) is 10.5 Å². The lowest BCUT2D eigenvalue weighted by atomic mass is 9.91. The van der Waals surface area contributed by atoms with Gasteiger partial charge in [0.05, 0.1) is 11.6 Å². The van der Waals surface area contributed by atoms with Gasteiger partial charge in [0.1, 0.15) is 0 Å². The van der Waals surface area contributed by atoms with Crippen LogP contribution in [0.25, 0.3) is 10.8 Å². The van der Waals surface area contributed by atoms with Gasteiger partial charge in [-0.05, 0) is 47.8 Å². The van der Waals surface area contributed by atoms with Crippen molar-refractivity contribution in [2.75, 3.05) is 18.4 Å². The number of anilines is 1. The van der Waals surface area contributed by atoms with E-state index in [0.717, 1.165) is 23.9 Å². The molecule has 4 rings (SSSR count). The summed E-state index contributed by atoms with van der Waals surface area (Å²) in [6.45, 7) is 2.86. The molecule has 0 bridgehead atoms. The van der Waals surface area contributed by atoms with Gasteiger partial charge in [0.25, 0.3) is 0 Å². The first-order valence-electron chi connectivity index (χ1n) is 8.85. The van der Waals surface area contributed by atoms with E-state index in [1.165, 1.54) is 16.5 Å². The van der Waals surface area contributed by atoms with Crippen molar-refractivity contribution < 1.29 is 14.7 Å². The van der Waals surface area contributed by atoms with Crippen molar-refractivity contribution >= 4 is 28.5 Å². The molecule has 1 aliphatic heterocycles. The molecular weight excluding hydrogens is 316 g/mol. The summed E-state index contributed by atoms with van der Waals surface area (Å²) in [6, 6.07) is 10.1. The van der Waals surface area contributed by atoms with Crippen LogP contribution in [0.5, 0.6) is 0 Å². The van der Waals surface area contributed by atoms with Crippen LogP contribution in [0.1, 0.15) is 24.5 Å². The first kappa shape index (κ1) is 15.9. The predicted molar refractivity (Wildman–Crippen MR) is 96.9 cm³/mol. The zero-order valence-electron chi connectivity index (χ0n) is 14.3. The van der Waals surface area contributed by atoms with Crippen molar-refractivity contribution in [3.8, 4) is 0 Å². The van der Waals surface area contributed by atoms with Crippen LogP contribution in [-0.4, -0.2) is 35.1 Å². The molecule has 2 amide bonds. The second-order valence-corrected chi connectivity index (χ2v) is 7.32. The monoisotopic (exact) mass is 338 g/mol. The SMILES string of the molecule is CC1CC(C(=O)O)CN(C(=O)Nc2ccc3c4c(cccc24)CC3)C1. The molecule has 25 heavy (non-hydrogen) atoms. The highest BCUT2D eigenvalue weighted by Gasteiger charge is 2.32. The summed E-state index contributed by atoms with van der Waals surface area (Å²) >= 11 is 0. The highest BCUT2D eigenvalue weighted by atomic mass is 16.4. The third-order valence-corrected chi connectivity index (χ3v) is 5.41. The Morgan fingerprint density at radius 1 is 1.12 bits per heavy atom. The first-order valence-corrected chi connectivity index (χ1v) is 8.85. The van der Waals surface area contributed by atoms with Gasteiger partial charge >= 0.3 is 12.0 Å². The standard InChI is InChI=1S/C20H22N2O3/c1-12-9-15(19(23)24)11-22(10-12)20(25)21-17-8-7-14-6-5-13-3-2-4-16(17)18(13)14/h2-4,7-8,12,15H,5-6,9-11H2,1H3,(H,21,25)(H,23,24). The number of amides is 2. The molecule has 1 saturated heterocycles. The van der Waals surface area contributed by atoms with E-state index in [0.29, 0.717) is 13.0 Å². The molecule has 2 atom stereocenters. The minimum atomic E-state index is -0.824. The number of hydrogen-bond donors (Lipinski definition) is 2. The summed E-state index contributed by atoms with van der Waals surface area (Å²) < 4.78 is 0. The van der Waals surface area contributed by atoms with Crippen LogP contribution in [0.15, 0.2) is 30.3 Å². The number of benzene rings is 2. The number of carboxylic acid groups (broad SMARTS) is 1. The van der Waals surface area contributed by atoms with E-state index < -0.39 is 11.9 Å². The van der Waals surface area contributed by atoms with Gasteiger partial charge in [-0.15, -0.1) is 0 Å². The molecule has 2 N–H and O–H groups in total. The van der Waals surface area contributed by atoms with E-state index in [1.807, 2.05) is 25.1 Å². The number of piperidine rings is 1. The van der Waals surface area contributed by atoms with E-state index in [9.17, 15) is 14.7 Å². The van der Waals surface area contributed by atoms with Crippen LogP contribution in [0.3, 0.4) is 0 Å². The molecule has 1 heterocycles. The number of rotatable bonds is 2. The molecule has 0 spiro atoms. The molecule has 5 heteroatoms. The molecule has 2 aromatic rings. The van der Waals surface area contributed by atoms with Gasteiger partial charge in [0.15, 0.2) is 0 Å². The Balaban J connectivity index is 1.59. The lowest BCUT2D eigenvalue weighted by molar-refractivity contribution is -0.143. The molecule has 2 aliphatic rings. The fourth-order valence-electron chi connectivity index (χ4n) is 4.25. The molecule has 0 saturated carbocycles. The Kier molecular flexibility index (Phi) is 3.86. The largest absolute Gasteiger partial charge is 0.481 e. The second-order valence-electron chi connectivity index (χ2n) is 7.32. The fraction of sp³-hybridized carbons (Fsp3) is 0.400. The molecule has 1 fully saturated rings. The summed E-state index contributed by atoms with van der Waals surface area (Å²) in [5, 5.41) is 14.6. The minimum Gasteiger partial charge on any atom is -0.481 e. The molecule has 130 valence electrons. The van der Waals surface area contributed by atoms with Crippen LogP contribution in [0, 0.1) is 11.8 Å². The van der Waals surface area contributed by atoms with Crippen molar-refractivity contribution in [3.63, 3.8) is 0 Å². The average Bonchev–Trinajstić information content (AvgIpc) is 3.01. The minimum absolute atomic E-state index is 0.188. The lowest BCUT2D eigenvalue weighted by Gasteiger charge is -2.34. The van der Waals surface area contributed by atoms with Crippen LogP contribution >= 0.6 is 0 Å². The fourth-order valence-corrected chi connectivity index (χ4v) is 4.25. The third kappa shape index (κ3) is 2.84. The number of carbonyl (C=O) groups excluding carboxylic acids is 1. The lowest BCUT2D eigenvalue weighted by Crippen LogP contribution is -2.47. The number of nitrogens with zero attached hydrogens (tertiary/aromatic N) is 1. The quantitative estimate of drug-likeness (QED) is 0.880. The van der Waals surface area contributed by atoms with Crippen molar-refractivity contribution in [1.29, 1.82) is 0 Å². The van der Waals surface area contributed by atoms with Crippen molar-refractivity contribution in [2.45, 2.75) is 26.2 Å². The van der Waals surface area contributed by atoms with E-state index in [2.05, 4.69) is 17.4 Å². The van der Waals surface area contributed by atoms with E-state index in [4.69, 9.17) is 0 Å². The van der Waals surface area contributed by atoms with Crippen LogP contribution < -0.4 is 5.32 Å². The topological polar surface area (TPSA) is 69.6 Å². The summed E-state index contributed by atoms with van der Waals surface area (Å²) in [4.78, 5) is 25.7. The summed E-state index contributed by atoms with van der Waals surface area (Å²) in [5.41, 5.74) is 3.47. The predicted octanol–water partition coefficient (Wildman–Crippen LogP) is 3.51. The molecular formula is C20H22N2O3. The summed E-state index contributed by atoms with van der Waals surface area (Å²) in [6.07, 6.45) is 2.72.